The van der Waals surface area contributed by atoms with E-state index in [1.165, 1.54) is 0 Å². The topological polar surface area (TPSA) is 67.4 Å². The summed E-state index contributed by atoms with van der Waals surface area (Å²) in [6.07, 6.45) is -4.24. The molecule has 8 heteroatoms. The largest absolute Gasteiger partial charge is 0.411 e. The van der Waals surface area contributed by atoms with Gasteiger partial charge in [0.05, 0.1) is 12.5 Å². The number of amides is 2. The third kappa shape index (κ3) is 5.53. The Balaban J connectivity index is 2.07. The highest BCUT2D eigenvalue weighted by Gasteiger charge is 2.28. The molecule has 1 aliphatic rings. The average Bonchev–Trinajstić information content (AvgIpc) is 2.62. The van der Waals surface area contributed by atoms with Gasteiger partial charge in [0.15, 0.2) is 0 Å². The molecule has 1 atom stereocenters. The summed E-state index contributed by atoms with van der Waals surface area (Å²) in [5.74, 6) is -0.984. The highest BCUT2D eigenvalue weighted by Crippen LogP contribution is 2.14. The fourth-order valence-electron chi connectivity index (χ4n) is 1.37. The second-order valence-corrected chi connectivity index (χ2v) is 3.66. The smallest absolute Gasteiger partial charge is 0.370 e. The Labute approximate surface area is 95.7 Å². The van der Waals surface area contributed by atoms with Gasteiger partial charge in [-0.05, 0) is 0 Å². The summed E-state index contributed by atoms with van der Waals surface area (Å²) >= 11 is 0. The fraction of sp³-hybridized carbons (Fsp3) is 0.778. The molecule has 5 nitrogen and oxygen atoms in total. The van der Waals surface area contributed by atoms with Gasteiger partial charge in [-0.1, -0.05) is 0 Å². The van der Waals surface area contributed by atoms with Gasteiger partial charge >= 0.3 is 6.18 Å². The summed E-state index contributed by atoms with van der Waals surface area (Å²) in [4.78, 5) is 22.2. The van der Waals surface area contributed by atoms with E-state index in [1.54, 1.807) is 0 Å². The van der Waals surface area contributed by atoms with E-state index in [1.807, 2.05) is 0 Å². The molecule has 1 rings (SSSR count). The van der Waals surface area contributed by atoms with Crippen molar-refractivity contribution in [2.75, 3.05) is 26.3 Å². The van der Waals surface area contributed by atoms with E-state index in [4.69, 9.17) is 0 Å². The summed E-state index contributed by atoms with van der Waals surface area (Å²) in [6, 6.07) is 0. The van der Waals surface area contributed by atoms with Gasteiger partial charge in [-0.15, -0.1) is 0 Å². The molecular formula is C9H13F3N2O3. The first-order chi connectivity index (χ1) is 7.88. The van der Waals surface area contributed by atoms with E-state index in [-0.39, 0.29) is 37.9 Å². The Morgan fingerprint density at radius 2 is 2.24 bits per heavy atom. The van der Waals surface area contributed by atoms with E-state index in [0.29, 0.717) is 0 Å². The molecule has 1 fully saturated rings. The Kier molecular flexibility index (Phi) is 4.73. The number of rotatable bonds is 5. The molecule has 0 aromatic heterocycles. The second-order valence-electron chi connectivity index (χ2n) is 3.66. The first-order valence-electron chi connectivity index (χ1n) is 5.07. The Bertz CT molecular complexity index is 294. The molecule has 98 valence electrons. The number of ether oxygens (including phenoxy) is 1. The summed E-state index contributed by atoms with van der Waals surface area (Å²) in [5, 5.41) is 4.90. The third-order valence-electron chi connectivity index (χ3n) is 2.16. The number of carbonyl (C=O) groups excluding carboxylic acids is 2. The summed E-state index contributed by atoms with van der Waals surface area (Å²) in [7, 11) is 0. The maximum atomic E-state index is 11.7. The maximum absolute atomic E-state index is 11.7. The van der Waals surface area contributed by atoms with Gasteiger partial charge in [-0.25, -0.2) is 0 Å². The molecule has 0 radical (unpaired) electrons. The quantitative estimate of drug-likeness (QED) is 0.669. The third-order valence-corrected chi connectivity index (χ3v) is 2.16. The normalized spacial score (nSPS) is 20.2. The van der Waals surface area contributed by atoms with Gasteiger partial charge in [-0.2, -0.15) is 13.2 Å². The molecule has 0 aromatic rings. The first kappa shape index (κ1) is 13.8. The van der Waals surface area contributed by atoms with Crippen LogP contribution in [0.2, 0.25) is 0 Å². The summed E-state index contributed by atoms with van der Waals surface area (Å²) in [5.41, 5.74) is 0. The highest BCUT2D eigenvalue weighted by molar-refractivity contribution is 5.89. The van der Waals surface area contributed by atoms with Gasteiger partial charge < -0.3 is 15.4 Å². The van der Waals surface area contributed by atoms with Crippen LogP contribution in [0.4, 0.5) is 13.2 Å². The van der Waals surface area contributed by atoms with Crippen molar-refractivity contribution < 1.29 is 27.5 Å². The Hall–Kier alpha value is -1.31. The summed E-state index contributed by atoms with van der Waals surface area (Å²) < 4.78 is 39.3. The zero-order chi connectivity index (χ0) is 12.9. The van der Waals surface area contributed by atoms with Crippen LogP contribution in [0, 0.1) is 5.92 Å². The molecule has 17 heavy (non-hydrogen) atoms. The zero-order valence-electron chi connectivity index (χ0n) is 8.97. The highest BCUT2D eigenvalue weighted by atomic mass is 19.4. The number of carbonyl (C=O) groups is 2. The number of halogens is 3. The van der Waals surface area contributed by atoms with Crippen LogP contribution in [0.3, 0.4) is 0 Å². The predicted octanol–water partition coefficient (Wildman–Crippen LogP) is -0.182. The molecule has 1 aliphatic heterocycles. The fourth-order valence-corrected chi connectivity index (χ4v) is 1.37. The number of hydrogen-bond donors (Lipinski definition) is 2. The Morgan fingerprint density at radius 3 is 2.76 bits per heavy atom. The van der Waals surface area contributed by atoms with Crippen LogP contribution in [0.1, 0.15) is 6.42 Å². The molecular weight excluding hydrogens is 241 g/mol. The van der Waals surface area contributed by atoms with Crippen molar-refractivity contribution in [2.45, 2.75) is 12.6 Å². The van der Waals surface area contributed by atoms with E-state index >= 15 is 0 Å². The lowest BCUT2D eigenvalue weighted by atomic mass is 10.1. The van der Waals surface area contributed by atoms with Gasteiger partial charge in [0.2, 0.25) is 11.8 Å². The van der Waals surface area contributed by atoms with E-state index in [0.717, 1.165) is 0 Å². The van der Waals surface area contributed by atoms with Crippen molar-refractivity contribution in [2.24, 2.45) is 5.92 Å². The lowest BCUT2D eigenvalue weighted by Crippen LogP contribution is -2.34. The molecule has 2 N–H and O–H groups in total. The molecule has 0 aromatic carbocycles. The van der Waals surface area contributed by atoms with Crippen LogP contribution in [0.5, 0.6) is 0 Å². The van der Waals surface area contributed by atoms with Crippen LogP contribution in [0.15, 0.2) is 0 Å². The van der Waals surface area contributed by atoms with Gasteiger partial charge in [-0.3, -0.25) is 9.59 Å². The molecule has 2 amide bonds. The van der Waals surface area contributed by atoms with E-state index in [9.17, 15) is 22.8 Å². The number of alkyl halides is 3. The van der Waals surface area contributed by atoms with Crippen molar-refractivity contribution in [3.8, 4) is 0 Å². The maximum Gasteiger partial charge on any atom is 0.411 e. The van der Waals surface area contributed by atoms with Crippen molar-refractivity contribution in [1.82, 2.24) is 10.6 Å². The monoisotopic (exact) mass is 254 g/mol. The molecule has 1 heterocycles. The van der Waals surface area contributed by atoms with E-state index < -0.39 is 18.7 Å². The van der Waals surface area contributed by atoms with Gasteiger partial charge in [0, 0.05) is 19.5 Å². The molecule has 0 spiro atoms. The van der Waals surface area contributed by atoms with Crippen LogP contribution in [-0.2, 0) is 14.3 Å². The number of nitrogens with one attached hydrogen (secondary N) is 2. The SMILES string of the molecule is O=C1CC(C(=O)NCCOCC(F)(F)F)CN1. The van der Waals surface area contributed by atoms with Gasteiger partial charge in [0.1, 0.15) is 6.61 Å². The minimum atomic E-state index is -4.36. The first-order valence-corrected chi connectivity index (χ1v) is 5.07. The van der Waals surface area contributed by atoms with Crippen LogP contribution < -0.4 is 10.6 Å². The minimum absolute atomic E-state index is 0.000393. The molecule has 0 aliphatic carbocycles. The average molecular weight is 254 g/mol. The molecule has 1 saturated heterocycles. The molecule has 0 bridgehead atoms. The molecule has 0 saturated carbocycles. The van der Waals surface area contributed by atoms with Crippen LogP contribution in [-0.4, -0.2) is 44.3 Å². The Morgan fingerprint density at radius 1 is 1.53 bits per heavy atom. The van der Waals surface area contributed by atoms with Crippen molar-refractivity contribution in [3.63, 3.8) is 0 Å². The standard InChI is InChI=1S/C9H13F3N2O3/c10-9(11,12)5-17-2-1-13-8(16)6-3-7(15)14-4-6/h6H,1-5H2,(H,13,16)(H,14,15). The number of hydrogen-bond acceptors (Lipinski definition) is 3. The van der Waals surface area contributed by atoms with Crippen molar-refractivity contribution in [3.05, 3.63) is 0 Å². The van der Waals surface area contributed by atoms with Crippen molar-refractivity contribution in [1.29, 1.82) is 0 Å². The lowest BCUT2D eigenvalue weighted by molar-refractivity contribution is -0.173. The van der Waals surface area contributed by atoms with E-state index in [2.05, 4.69) is 15.4 Å². The second kappa shape index (κ2) is 5.85. The zero-order valence-corrected chi connectivity index (χ0v) is 8.97. The predicted molar refractivity (Wildman–Crippen MR) is 51.0 cm³/mol. The van der Waals surface area contributed by atoms with Crippen LogP contribution >= 0.6 is 0 Å². The molecule has 1 unspecified atom stereocenters. The van der Waals surface area contributed by atoms with Crippen LogP contribution in [0.25, 0.3) is 0 Å². The minimum Gasteiger partial charge on any atom is -0.370 e. The van der Waals surface area contributed by atoms with Crippen molar-refractivity contribution >= 4 is 11.8 Å². The summed E-state index contributed by atoms with van der Waals surface area (Å²) in [6.45, 7) is -1.26. The lowest BCUT2D eigenvalue weighted by Gasteiger charge is -2.10. The van der Waals surface area contributed by atoms with Gasteiger partial charge in [0.25, 0.3) is 0 Å².